The number of amides is 2. The third-order valence-electron chi connectivity index (χ3n) is 3.02. The molecule has 4 nitrogen and oxygen atoms in total. The molecular weight excluding hydrogens is 296 g/mol. The number of rotatable bonds is 5. The largest absolute Gasteiger partial charge is 0.352 e. The highest BCUT2D eigenvalue weighted by Gasteiger charge is 2.06. The Bertz CT molecular complexity index is 704. The number of carbonyl (C=O) groups is 2. The van der Waals surface area contributed by atoms with Gasteiger partial charge in [0.15, 0.2) is 0 Å². The van der Waals surface area contributed by atoms with Gasteiger partial charge in [-0.1, -0.05) is 6.07 Å². The molecule has 0 atom stereocenters. The van der Waals surface area contributed by atoms with Crippen molar-refractivity contribution in [2.24, 2.45) is 0 Å². The summed E-state index contributed by atoms with van der Waals surface area (Å²) in [6.07, 6.45) is 3.29. The van der Waals surface area contributed by atoms with Crippen LogP contribution in [0.15, 0.2) is 41.8 Å². The molecule has 0 bridgehead atoms. The van der Waals surface area contributed by atoms with Crippen LogP contribution in [0.25, 0.3) is 6.08 Å². The van der Waals surface area contributed by atoms with Crippen molar-refractivity contribution in [2.75, 3.05) is 11.9 Å². The standard InChI is InChI=1S/C17H18N2O2S/c1-3-18-17(21)13-5-4-6-14(11-13)19-16(20)8-7-15-12(2)9-10-22-15/h4-11H,3H2,1-2H3,(H,18,21)(H,19,20). The maximum Gasteiger partial charge on any atom is 0.251 e. The number of nitrogens with one attached hydrogen (secondary N) is 2. The first-order valence-electron chi connectivity index (χ1n) is 7.01. The molecule has 5 heteroatoms. The van der Waals surface area contributed by atoms with Crippen LogP contribution in [0, 0.1) is 6.92 Å². The Morgan fingerprint density at radius 1 is 1.27 bits per heavy atom. The average molecular weight is 314 g/mol. The van der Waals surface area contributed by atoms with Crippen LogP contribution >= 0.6 is 11.3 Å². The van der Waals surface area contributed by atoms with E-state index in [1.807, 2.05) is 25.3 Å². The van der Waals surface area contributed by atoms with Crippen molar-refractivity contribution in [3.63, 3.8) is 0 Å². The van der Waals surface area contributed by atoms with E-state index in [-0.39, 0.29) is 11.8 Å². The lowest BCUT2D eigenvalue weighted by Crippen LogP contribution is -2.22. The first-order valence-corrected chi connectivity index (χ1v) is 7.89. The second-order valence-corrected chi connectivity index (χ2v) is 5.68. The number of benzene rings is 1. The lowest BCUT2D eigenvalue weighted by Gasteiger charge is -2.06. The number of thiophene rings is 1. The molecular formula is C17H18N2O2S. The van der Waals surface area contributed by atoms with Gasteiger partial charge in [0, 0.05) is 28.7 Å². The zero-order valence-corrected chi connectivity index (χ0v) is 13.4. The number of hydrogen-bond acceptors (Lipinski definition) is 3. The van der Waals surface area contributed by atoms with Gasteiger partial charge in [-0.05, 0) is 55.1 Å². The molecule has 0 saturated heterocycles. The summed E-state index contributed by atoms with van der Waals surface area (Å²) in [6.45, 7) is 4.43. The van der Waals surface area contributed by atoms with Gasteiger partial charge in [-0.2, -0.15) is 0 Å². The second kappa shape index (κ2) is 7.56. The molecule has 1 heterocycles. The van der Waals surface area contributed by atoms with Gasteiger partial charge in [0.2, 0.25) is 5.91 Å². The Hall–Kier alpha value is -2.40. The summed E-state index contributed by atoms with van der Waals surface area (Å²) in [5.74, 6) is -0.371. The van der Waals surface area contributed by atoms with Crippen molar-refractivity contribution in [1.82, 2.24) is 5.32 Å². The van der Waals surface area contributed by atoms with Crippen LogP contribution in [0.3, 0.4) is 0 Å². The van der Waals surface area contributed by atoms with Crippen LogP contribution < -0.4 is 10.6 Å². The van der Waals surface area contributed by atoms with E-state index in [0.29, 0.717) is 17.8 Å². The van der Waals surface area contributed by atoms with Gasteiger partial charge in [0.25, 0.3) is 5.91 Å². The molecule has 2 N–H and O–H groups in total. The molecule has 0 spiro atoms. The van der Waals surface area contributed by atoms with Crippen molar-refractivity contribution < 1.29 is 9.59 Å². The topological polar surface area (TPSA) is 58.2 Å². The fraction of sp³-hybridized carbons (Fsp3) is 0.176. The molecule has 2 aromatic rings. The zero-order chi connectivity index (χ0) is 15.9. The van der Waals surface area contributed by atoms with Crippen LogP contribution in [0.4, 0.5) is 5.69 Å². The average Bonchev–Trinajstić information content (AvgIpc) is 2.91. The Morgan fingerprint density at radius 3 is 2.77 bits per heavy atom. The highest BCUT2D eigenvalue weighted by Crippen LogP contribution is 2.17. The van der Waals surface area contributed by atoms with E-state index in [9.17, 15) is 9.59 Å². The van der Waals surface area contributed by atoms with E-state index >= 15 is 0 Å². The second-order valence-electron chi connectivity index (χ2n) is 4.73. The Balaban J connectivity index is 2.03. The third kappa shape index (κ3) is 4.30. The predicted molar refractivity (Wildman–Crippen MR) is 91.2 cm³/mol. The minimum Gasteiger partial charge on any atom is -0.352 e. The van der Waals surface area contributed by atoms with Gasteiger partial charge in [-0.3, -0.25) is 9.59 Å². The quantitative estimate of drug-likeness (QED) is 0.830. The molecule has 0 fully saturated rings. The van der Waals surface area contributed by atoms with E-state index in [2.05, 4.69) is 10.6 Å². The fourth-order valence-electron chi connectivity index (χ4n) is 1.89. The summed E-state index contributed by atoms with van der Waals surface area (Å²) in [5, 5.41) is 7.48. The van der Waals surface area contributed by atoms with E-state index in [1.165, 1.54) is 6.08 Å². The first-order chi connectivity index (χ1) is 10.6. The summed E-state index contributed by atoms with van der Waals surface area (Å²) in [4.78, 5) is 24.8. The summed E-state index contributed by atoms with van der Waals surface area (Å²) < 4.78 is 0. The molecule has 0 saturated carbocycles. The van der Waals surface area contributed by atoms with Crippen molar-refractivity contribution in [3.8, 4) is 0 Å². The number of aryl methyl sites for hydroxylation is 1. The molecule has 1 aromatic carbocycles. The lowest BCUT2D eigenvalue weighted by atomic mass is 10.2. The molecule has 0 aliphatic heterocycles. The highest BCUT2D eigenvalue weighted by atomic mass is 32.1. The van der Waals surface area contributed by atoms with E-state index in [4.69, 9.17) is 0 Å². The predicted octanol–water partition coefficient (Wildman–Crippen LogP) is 3.46. The van der Waals surface area contributed by atoms with Crippen LogP contribution in [0.2, 0.25) is 0 Å². The highest BCUT2D eigenvalue weighted by molar-refractivity contribution is 7.11. The summed E-state index contributed by atoms with van der Waals surface area (Å²) in [7, 11) is 0. The molecule has 1 aromatic heterocycles. The summed E-state index contributed by atoms with van der Waals surface area (Å²) in [5.41, 5.74) is 2.27. The SMILES string of the molecule is CCNC(=O)c1cccc(NC(=O)C=Cc2sccc2C)c1. The lowest BCUT2D eigenvalue weighted by molar-refractivity contribution is -0.111. The van der Waals surface area contributed by atoms with E-state index in [0.717, 1.165) is 10.4 Å². The number of hydrogen-bond donors (Lipinski definition) is 2. The van der Waals surface area contributed by atoms with Gasteiger partial charge in [-0.25, -0.2) is 0 Å². The maximum atomic E-state index is 11.9. The third-order valence-corrected chi connectivity index (χ3v) is 4.00. The molecule has 0 aliphatic carbocycles. The molecule has 2 amide bonds. The zero-order valence-electron chi connectivity index (χ0n) is 12.6. The van der Waals surface area contributed by atoms with Crippen molar-refractivity contribution in [2.45, 2.75) is 13.8 Å². The van der Waals surface area contributed by atoms with Gasteiger partial charge in [-0.15, -0.1) is 11.3 Å². The minimum atomic E-state index is -0.221. The van der Waals surface area contributed by atoms with Gasteiger partial charge >= 0.3 is 0 Å². The molecule has 0 unspecified atom stereocenters. The van der Waals surface area contributed by atoms with Crippen LogP contribution in [-0.4, -0.2) is 18.4 Å². The van der Waals surface area contributed by atoms with Crippen molar-refractivity contribution in [3.05, 3.63) is 57.8 Å². The number of carbonyl (C=O) groups excluding carboxylic acids is 2. The van der Waals surface area contributed by atoms with Crippen molar-refractivity contribution in [1.29, 1.82) is 0 Å². The smallest absolute Gasteiger partial charge is 0.251 e. The van der Waals surface area contributed by atoms with E-state index in [1.54, 1.807) is 41.7 Å². The minimum absolute atomic E-state index is 0.150. The van der Waals surface area contributed by atoms with Crippen LogP contribution in [0.5, 0.6) is 0 Å². The normalized spacial score (nSPS) is 10.6. The van der Waals surface area contributed by atoms with E-state index < -0.39 is 0 Å². The fourth-order valence-corrected chi connectivity index (χ4v) is 2.71. The summed E-state index contributed by atoms with van der Waals surface area (Å²) in [6, 6.07) is 8.88. The molecule has 0 aliphatic rings. The molecule has 114 valence electrons. The van der Waals surface area contributed by atoms with Gasteiger partial charge in [0.1, 0.15) is 0 Å². The Kier molecular flexibility index (Phi) is 5.49. The molecule has 0 radical (unpaired) electrons. The molecule has 2 rings (SSSR count). The van der Waals surface area contributed by atoms with Crippen LogP contribution in [0.1, 0.15) is 27.7 Å². The summed E-state index contributed by atoms with van der Waals surface area (Å²) >= 11 is 1.59. The number of anilines is 1. The van der Waals surface area contributed by atoms with Gasteiger partial charge < -0.3 is 10.6 Å². The van der Waals surface area contributed by atoms with Crippen LogP contribution in [-0.2, 0) is 4.79 Å². The first kappa shape index (κ1) is 16.0. The Labute approximate surface area is 133 Å². The van der Waals surface area contributed by atoms with Gasteiger partial charge in [0.05, 0.1) is 0 Å². The monoisotopic (exact) mass is 314 g/mol. The van der Waals surface area contributed by atoms with Crippen molar-refractivity contribution >= 4 is 34.9 Å². The maximum absolute atomic E-state index is 11.9. The Morgan fingerprint density at radius 2 is 2.09 bits per heavy atom. The molecule has 22 heavy (non-hydrogen) atoms.